The summed E-state index contributed by atoms with van der Waals surface area (Å²) < 4.78 is 22.7. The average molecular weight is 673 g/mol. The van der Waals surface area contributed by atoms with Crippen LogP contribution in [-0.4, -0.2) is 64.7 Å². The number of benzene rings is 6. The molecule has 0 bridgehead atoms. The van der Waals surface area contributed by atoms with E-state index in [1.54, 1.807) is 0 Å². The van der Waals surface area contributed by atoms with Crippen molar-refractivity contribution in [3.8, 4) is 5.75 Å². The Hall–Kier alpha value is -5.32. The molecule has 256 valence electrons. The monoisotopic (exact) mass is 672 g/mol. The summed E-state index contributed by atoms with van der Waals surface area (Å²) in [6.07, 6.45) is 0.188. The Morgan fingerprint density at radius 2 is 1.10 bits per heavy atom. The average Bonchev–Trinajstić information content (AvgIpc) is 3.14. The van der Waals surface area contributed by atoms with Gasteiger partial charge < -0.3 is 29.1 Å². The van der Waals surface area contributed by atoms with Crippen LogP contribution in [0.25, 0.3) is 32.3 Å². The Morgan fingerprint density at radius 3 is 1.82 bits per heavy atom. The molecule has 0 atom stereocenters. The maximum Gasteiger partial charge on any atom is 0.329 e. The molecule has 0 saturated carbocycles. The van der Waals surface area contributed by atoms with Gasteiger partial charge in [-0.25, -0.2) is 0 Å². The van der Waals surface area contributed by atoms with Crippen LogP contribution in [0.1, 0.15) is 15.9 Å². The highest BCUT2D eigenvalue weighted by atomic mass is 16.7. The first-order valence-corrected chi connectivity index (χ1v) is 16.7. The first-order chi connectivity index (χ1) is 24.7. The molecule has 6 aromatic carbocycles. The Balaban J connectivity index is 0.829. The molecule has 2 N–H and O–H groups in total. The summed E-state index contributed by atoms with van der Waals surface area (Å²) in [6, 6.07) is 39.2. The van der Waals surface area contributed by atoms with Gasteiger partial charge in [0.1, 0.15) is 12.4 Å². The largest absolute Gasteiger partial charge is 0.489 e. The highest BCUT2D eigenvalue weighted by molar-refractivity contribution is 6.22. The molecule has 1 amide bonds. The molecular weight excluding hydrogens is 632 g/mol. The van der Waals surface area contributed by atoms with Crippen LogP contribution in [-0.2, 0) is 30.3 Å². The van der Waals surface area contributed by atoms with E-state index in [2.05, 4.69) is 16.9 Å². The first-order valence-electron chi connectivity index (χ1n) is 16.7. The number of amides is 1. The molecule has 0 spiro atoms. The van der Waals surface area contributed by atoms with E-state index in [1.807, 2.05) is 115 Å². The summed E-state index contributed by atoms with van der Waals surface area (Å²) in [6.45, 7) is 3.07. The van der Waals surface area contributed by atoms with Crippen molar-refractivity contribution in [1.29, 1.82) is 0 Å². The van der Waals surface area contributed by atoms with Crippen molar-refractivity contribution in [1.82, 2.24) is 5.48 Å². The third kappa shape index (κ3) is 9.22. The highest BCUT2D eigenvalue weighted by Crippen LogP contribution is 2.31. The topological polar surface area (TPSA) is 104 Å². The van der Waals surface area contributed by atoms with E-state index in [0.717, 1.165) is 37.9 Å². The molecular formula is C41H40N2O7. The lowest BCUT2D eigenvalue weighted by Crippen LogP contribution is -2.25. The maximum absolute atomic E-state index is 13.7. The second-order valence-electron chi connectivity index (χ2n) is 11.5. The summed E-state index contributed by atoms with van der Waals surface area (Å²) in [5, 5.41) is 9.01. The zero-order valence-corrected chi connectivity index (χ0v) is 27.8. The first kappa shape index (κ1) is 34.5. The van der Waals surface area contributed by atoms with E-state index in [-0.39, 0.29) is 18.3 Å². The predicted octanol–water partition coefficient (Wildman–Crippen LogP) is 7.12. The number of rotatable bonds is 18. The number of anilines is 1. The minimum absolute atomic E-state index is 0.188. The van der Waals surface area contributed by atoms with Gasteiger partial charge in [-0.05, 0) is 56.1 Å². The third-order valence-corrected chi connectivity index (χ3v) is 8.11. The van der Waals surface area contributed by atoms with Gasteiger partial charge in [-0.2, -0.15) is 5.48 Å². The fourth-order valence-corrected chi connectivity index (χ4v) is 5.77. The Morgan fingerprint density at radius 1 is 0.540 bits per heavy atom. The molecule has 0 aliphatic rings. The highest BCUT2D eigenvalue weighted by Gasteiger charge is 2.17. The van der Waals surface area contributed by atoms with Gasteiger partial charge in [0, 0.05) is 0 Å². The van der Waals surface area contributed by atoms with Crippen LogP contribution in [0.15, 0.2) is 121 Å². The molecule has 6 aromatic rings. The van der Waals surface area contributed by atoms with E-state index in [0.29, 0.717) is 69.8 Å². The number of hydroxylamine groups is 1. The number of fused-ring (bicyclic) bond motifs is 3. The minimum atomic E-state index is -0.350. The second kappa shape index (κ2) is 17.9. The normalized spacial score (nSPS) is 11.2. The predicted molar refractivity (Wildman–Crippen MR) is 196 cm³/mol. The number of para-hydroxylation sites is 2. The summed E-state index contributed by atoms with van der Waals surface area (Å²) >= 11 is 0. The number of ether oxygens (including phenoxy) is 4. The van der Waals surface area contributed by atoms with Crippen LogP contribution in [0, 0.1) is 0 Å². The van der Waals surface area contributed by atoms with Gasteiger partial charge in [-0.3, -0.25) is 9.59 Å². The molecule has 0 aliphatic carbocycles. The van der Waals surface area contributed by atoms with Gasteiger partial charge in [-0.1, -0.05) is 103 Å². The summed E-state index contributed by atoms with van der Waals surface area (Å²) in [7, 11) is 0. The van der Waals surface area contributed by atoms with Crippen molar-refractivity contribution in [2.75, 3.05) is 58.1 Å². The smallest absolute Gasteiger partial charge is 0.329 e. The van der Waals surface area contributed by atoms with Crippen molar-refractivity contribution in [2.45, 2.75) is 6.42 Å². The molecule has 0 unspecified atom stereocenters. The molecule has 0 fully saturated rings. The van der Waals surface area contributed by atoms with E-state index < -0.39 is 0 Å². The lowest BCUT2D eigenvalue weighted by molar-refractivity contribution is -0.150. The van der Waals surface area contributed by atoms with Gasteiger partial charge >= 0.3 is 5.97 Å². The quantitative estimate of drug-likeness (QED) is 0.0566. The molecule has 6 rings (SSSR count). The second-order valence-corrected chi connectivity index (χ2v) is 11.5. The van der Waals surface area contributed by atoms with Crippen molar-refractivity contribution in [3.63, 3.8) is 0 Å². The molecule has 0 aliphatic heterocycles. The molecule has 0 aromatic heterocycles. The molecule has 50 heavy (non-hydrogen) atoms. The molecule has 0 heterocycles. The maximum atomic E-state index is 13.7. The van der Waals surface area contributed by atoms with Gasteiger partial charge in [0.05, 0.1) is 63.9 Å². The van der Waals surface area contributed by atoms with Gasteiger partial charge in [0.15, 0.2) is 0 Å². The summed E-state index contributed by atoms with van der Waals surface area (Å²) in [5.74, 6) is 0.0205. The molecule has 9 nitrogen and oxygen atoms in total. The standard InChI is InChI=1S/C41H40N2O7/c44-39(29-33-14-9-13-30-10-1-4-15-34(30)33)50-42-20-21-46-22-23-47-24-25-48-26-27-49-38-19-8-7-18-37(38)43-41(45)40-35-16-5-2-11-31(35)28-32-12-3-6-17-36(32)40/h1-19,28,42H,20-27,29H2,(H,43,45). The number of hydrogen-bond donors (Lipinski definition) is 2. The summed E-state index contributed by atoms with van der Waals surface area (Å²) in [5.41, 5.74) is 4.81. The Kier molecular flexibility index (Phi) is 12.4. The van der Waals surface area contributed by atoms with Crippen molar-refractivity contribution in [2.24, 2.45) is 0 Å². The number of carbonyl (C=O) groups excluding carboxylic acids is 2. The van der Waals surface area contributed by atoms with E-state index >= 15 is 0 Å². The van der Waals surface area contributed by atoms with Gasteiger partial charge in [0.2, 0.25) is 0 Å². The summed E-state index contributed by atoms with van der Waals surface area (Å²) in [4.78, 5) is 31.0. The molecule has 0 saturated heterocycles. The molecule has 0 radical (unpaired) electrons. The SMILES string of the molecule is O=C(Cc1cccc2ccccc12)ONCCOCCOCCOCCOc1ccccc1NC(=O)c1c2ccccc2cc2ccccc12. The van der Waals surface area contributed by atoms with E-state index in [1.165, 1.54) is 0 Å². The lowest BCUT2D eigenvalue weighted by Gasteiger charge is -2.15. The fraction of sp³-hybridized carbons (Fsp3) is 0.220. The van der Waals surface area contributed by atoms with Gasteiger partial charge in [-0.15, -0.1) is 0 Å². The lowest BCUT2D eigenvalue weighted by atomic mass is 9.96. The minimum Gasteiger partial charge on any atom is -0.489 e. The Bertz CT molecular complexity index is 1990. The van der Waals surface area contributed by atoms with Crippen LogP contribution in [0.2, 0.25) is 0 Å². The van der Waals surface area contributed by atoms with Crippen LogP contribution in [0.5, 0.6) is 5.75 Å². The zero-order valence-electron chi connectivity index (χ0n) is 27.8. The zero-order chi connectivity index (χ0) is 34.4. The Labute approximate surface area is 291 Å². The van der Waals surface area contributed by atoms with Crippen LogP contribution >= 0.6 is 0 Å². The number of nitrogens with one attached hydrogen (secondary N) is 2. The number of hydrogen-bond acceptors (Lipinski definition) is 8. The van der Waals surface area contributed by atoms with Crippen molar-refractivity contribution < 1.29 is 33.4 Å². The van der Waals surface area contributed by atoms with E-state index in [4.69, 9.17) is 23.8 Å². The van der Waals surface area contributed by atoms with E-state index in [9.17, 15) is 9.59 Å². The van der Waals surface area contributed by atoms with Crippen LogP contribution in [0.4, 0.5) is 5.69 Å². The van der Waals surface area contributed by atoms with Crippen LogP contribution in [0.3, 0.4) is 0 Å². The number of carbonyl (C=O) groups is 2. The van der Waals surface area contributed by atoms with Crippen LogP contribution < -0.4 is 15.5 Å². The van der Waals surface area contributed by atoms with Crippen molar-refractivity contribution >= 4 is 49.9 Å². The van der Waals surface area contributed by atoms with Crippen molar-refractivity contribution in [3.05, 3.63) is 132 Å². The third-order valence-electron chi connectivity index (χ3n) is 8.11. The molecule has 9 heteroatoms. The fourth-order valence-electron chi connectivity index (χ4n) is 5.77. The van der Waals surface area contributed by atoms with Gasteiger partial charge in [0.25, 0.3) is 5.91 Å².